The maximum Gasteiger partial charge on any atom is 0.257 e. The summed E-state index contributed by atoms with van der Waals surface area (Å²) in [6.45, 7) is 2.85. The highest BCUT2D eigenvalue weighted by molar-refractivity contribution is 6.04. The predicted octanol–water partition coefficient (Wildman–Crippen LogP) is 4.69. The molecule has 1 heterocycles. The van der Waals surface area contributed by atoms with Crippen molar-refractivity contribution in [1.29, 1.82) is 0 Å². The number of aromatic nitrogens is 1. The van der Waals surface area contributed by atoms with Gasteiger partial charge in [0, 0.05) is 24.6 Å². The van der Waals surface area contributed by atoms with Gasteiger partial charge >= 0.3 is 0 Å². The summed E-state index contributed by atoms with van der Waals surface area (Å²) < 4.78 is 0. The first-order chi connectivity index (χ1) is 12.7. The second-order valence-corrected chi connectivity index (χ2v) is 6.30. The molecule has 0 aliphatic carbocycles. The molecular formula is C22H23N3O. The number of anilines is 2. The van der Waals surface area contributed by atoms with Crippen LogP contribution in [-0.2, 0) is 6.42 Å². The number of nitrogens with zero attached hydrogens (tertiary/aromatic N) is 1. The summed E-state index contributed by atoms with van der Waals surface area (Å²) in [7, 11) is 0. The van der Waals surface area contributed by atoms with Crippen molar-refractivity contribution in [2.45, 2.75) is 19.8 Å². The standard InChI is InChI=1S/C22H23N3O/c1-17-9-11-20(12-10-17)25-22(26)19-14-21(16-23-15-19)24-13-5-8-18-6-3-2-4-7-18/h2-4,6-7,9-12,14-16,24H,5,8,13H2,1H3,(H,25,26). The summed E-state index contributed by atoms with van der Waals surface area (Å²) in [5.41, 5.74) is 4.67. The van der Waals surface area contributed by atoms with Gasteiger partial charge in [-0.25, -0.2) is 0 Å². The lowest BCUT2D eigenvalue weighted by molar-refractivity contribution is 0.102. The molecule has 0 radical (unpaired) electrons. The van der Waals surface area contributed by atoms with E-state index in [1.807, 2.05) is 43.3 Å². The van der Waals surface area contributed by atoms with Crippen LogP contribution in [0.5, 0.6) is 0 Å². The van der Waals surface area contributed by atoms with Crippen molar-refractivity contribution in [1.82, 2.24) is 4.98 Å². The van der Waals surface area contributed by atoms with Crippen LogP contribution in [0.3, 0.4) is 0 Å². The average Bonchev–Trinajstić information content (AvgIpc) is 2.68. The third kappa shape index (κ3) is 5.18. The van der Waals surface area contributed by atoms with Crippen molar-refractivity contribution < 1.29 is 4.79 Å². The summed E-state index contributed by atoms with van der Waals surface area (Å²) in [5, 5.41) is 6.23. The van der Waals surface area contributed by atoms with E-state index in [9.17, 15) is 4.79 Å². The van der Waals surface area contributed by atoms with Gasteiger partial charge in [0.05, 0.1) is 11.3 Å². The second-order valence-electron chi connectivity index (χ2n) is 6.30. The minimum absolute atomic E-state index is 0.158. The molecule has 0 aliphatic heterocycles. The zero-order valence-electron chi connectivity index (χ0n) is 14.9. The number of benzene rings is 2. The molecule has 2 aromatic carbocycles. The molecule has 3 aromatic rings. The monoisotopic (exact) mass is 345 g/mol. The van der Waals surface area contributed by atoms with Gasteiger partial charge in [-0.15, -0.1) is 0 Å². The Bertz CT molecular complexity index is 845. The number of aryl methyl sites for hydroxylation is 2. The van der Waals surface area contributed by atoms with Crippen molar-refractivity contribution in [2.75, 3.05) is 17.2 Å². The minimum Gasteiger partial charge on any atom is -0.384 e. The summed E-state index contributed by atoms with van der Waals surface area (Å²) in [5.74, 6) is -0.158. The summed E-state index contributed by atoms with van der Waals surface area (Å²) in [6, 6.07) is 20.0. The highest BCUT2D eigenvalue weighted by Crippen LogP contribution is 2.13. The molecule has 0 saturated carbocycles. The van der Waals surface area contributed by atoms with E-state index in [0.29, 0.717) is 5.56 Å². The predicted molar refractivity (Wildman–Crippen MR) is 107 cm³/mol. The Morgan fingerprint density at radius 3 is 2.50 bits per heavy atom. The number of amides is 1. The van der Waals surface area contributed by atoms with Gasteiger partial charge in [0.15, 0.2) is 0 Å². The van der Waals surface area contributed by atoms with Crippen LogP contribution >= 0.6 is 0 Å². The number of rotatable bonds is 7. The molecule has 0 bridgehead atoms. The second kappa shape index (κ2) is 8.81. The van der Waals surface area contributed by atoms with Crippen molar-refractivity contribution in [2.24, 2.45) is 0 Å². The van der Waals surface area contributed by atoms with Crippen LogP contribution in [0.2, 0.25) is 0 Å². The van der Waals surface area contributed by atoms with Crippen LogP contribution in [0.25, 0.3) is 0 Å². The molecule has 1 amide bonds. The fourth-order valence-electron chi connectivity index (χ4n) is 2.67. The quantitative estimate of drug-likeness (QED) is 0.611. The van der Waals surface area contributed by atoms with E-state index in [-0.39, 0.29) is 5.91 Å². The lowest BCUT2D eigenvalue weighted by Gasteiger charge is -2.09. The Labute approximate surface area is 154 Å². The molecule has 0 unspecified atom stereocenters. The van der Waals surface area contributed by atoms with E-state index < -0.39 is 0 Å². The van der Waals surface area contributed by atoms with Crippen molar-refractivity contribution >= 4 is 17.3 Å². The Balaban J connectivity index is 1.52. The highest BCUT2D eigenvalue weighted by Gasteiger charge is 2.07. The largest absolute Gasteiger partial charge is 0.384 e. The summed E-state index contributed by atoms with van der Waals surface area (Å²) in [6.07, 6.45) is 5.36. The minimum atomic E-state index is -0.158. The topological polar surface area (TPSA) is 54.0 Å². The van der Waals surface area contributed by atoms with Crippen molar-refractivity contribution in [3.63, 3.8) is 0 Å². The van der Waals surface area contributed by atoms with Gasteiger partial charge < -0.3 is 10.6 Å². The number of hydrogen-bond acceptors (Lipinski definition) is 3. The highest BCUT2D eigenvalue weighted by atomic mass is 16.1. The van der Waals surface area contributed by atoms with E-state index in [2.05, 4.69) is 39.9 Å². The van der Waals surface area contributed by atoms with E-state index in [0.717, 1.165) is 36.3 Å². The maximum atomic E-state index is 12.4. The molecule has 4 heteroatoms. The smallest absolute Gasteiger partial charge is 0.257 e. The lowest BCUT2D eigenvalue weighted by atomic mass is 10.1. The van der Waals surface area contributed by atoms with E-state index in [4.69, 9.17) is 0 Å². The van der Waals surface area contributed by atoms with Gasteiger partial charge in [0.25, 0.3) is 5.91 Å². The van der Waals surface area contributed by atoms with Gasteiger partial charge in [-0.3, -0.25) is 9.78 Å². The molecule has 0 atom stereocenters. The number of carbonyl (C=O) groups excluding carboxylic acids is 1. The third-order valence-electron chi connectivity index (χ3n) is 4.12. The van der Waals surface area contributed by atoms with Crippen LogP contribution in [0, 0.1) is 6.92 Å². The van der Waals surface area contributed by atoms with Gasteiger partial charge in [-0.1, -0.05) is 48.0 Å². The van der Waals surface area contributed by atoms with Crippen LogP contribution in [0.15, 0.2) is 73.1 Å². The first-order valence-corrected chi connectivity index (χ1v) is 8.81. The maximum absolute atomic E-state index is 12.4. The molecular weight excluding hydrogens is 322 g/mol. The van der Waals surface area contributed by atoms with Gasteiger partial charge in [-0.2, -0.15) is 0 Å². The molecule has 132 valence electrons. The molecule has 26 heavy (non-hydrogen) atoms. The van der Waals surface area contributed by atoms with Gasteiger partial charge in [-0.05, 0) is 43.5 Å². The molecule has 2 N–H and O–H groups in total. The Morgan fingerprint density at radius 2 is 1.73 bits per heavy atom. The number of carbonyl (C=O) groups is 1. The number of hydrogen-bond donors (Lipinski definition) is 2. The zero-order chi connectivity index (χ0) is 18.2. The third-order valence-corrected chi connectivity index (χ3v) is 4.12. The van der Waals surface area contributed by atoms with Crippen molar-refractivity contribution in [3.8, 4) is 0 Å². The molecule has 1 aromatic heterocycles. The normalized spacial score (nSPS) is 10.3. The SMILES string of the molecule is Cc1ccc(NC(=O)c2cncc(NCCCc3ccccc3)c2)cc1. The molecule has 0 aliphatic rings. The number of pyridine rings is 1. The summed E-state index contributed by atoms with van der Waals surface area (Å²) >= 11 is 0. The Hall–Kier alpha value is -3.14. The molecule has 4 nitrogen and oxygen atoms in total. The fraction of sp³-hybridized carbons (Fsp3) is 0.182. The van der Waals surface area contributed by atoms with Crippen LogP contribution in [0.4, 0.5) is 11.4 Å². The Kier molecular flexibility index (Phi) is 5.99. The van der Waals surface area contributed by atoms with E-state index in [1.54, 1.807) is 12.4 Å². The summed E-state index contributed by atoms with van der Waals surface area (Å²) in [4.78, 5) is 16.6. The average molecular weight is 345 g/mol. The first-order valence-electron chi connectivity index (χ1n) is 8.81. The first kappa shape index (κ1) is 17.7. The Morgan fingerprint density at radius 1 is 0.962 bits per heavy atom. The molecule has 0 fully saturated rings. The van der Waals surface area contributed by atoms with Crippen LogP contribution in [0.1, 0.15) is 27.9 Å². The van der Waals surface area contributed by atoms with Crippen LogP contribution in [-0.4, -0.2) is 17.4 Å². The van der Waals surface area contributed by atoms with Crippen LogP contribution < -0.4 is 10.6 Å². The fourth-order valence-corrected chi connectivity index (χ4v) is 2.67. The molecule has 3 rings (SSSR count). The zero-order valence-corrected chi connectivity index (χ0v) is 14.9. The van der Waals surface area contributed by atoms with Gasteiger partial charge in [0.1, 0.15) is 0 Å². The van der Waals surface area contributed by atoms with E-state index >= 15 is 0 Å². The van der Waals surface area contributed by atoms with E-state index in [1.165, 1.54) is 5.56 Å². The molecule has 0 saturated heterocycles. The molecule has 0 spiro atoms. The van der Waals surface area contributed by atoms with Gasteiger partial charge in [0.2, 0.25) is 0 Å². The number of nitrogens with one attached hydrogen (secondary N) is 2. The van der Waals surface area contributed by atoms with Crippen molar-refractivity contribution in [3.05, 3.63) is 89.7 Å². The lowest BCUT2D eigenvalue weighted by Crippen LogP contribution is -2.13.